The Morgan fingerprint density at radius 2 is 1.85 bits per heavy atom. The number of morpholine rings is 1. The number of hydrogen-bond donors (Lipinski definition) is 1. The van der Waals surface area contributed by atoms with Crippen LogP contribution in [0.3, 0.4) is 0 Å². The molecule has 1 aromatic rings. The van der Waals surface area contributed by atoms with Crippen molar-refractivity contribution in [3.05, 3.63) is 29.8 Å². The van der Waals surface area contributed by atoms with E-state index in [1.54, 1.807) is 6.92 Å². The van der Waals surface area contributed by atoms with Crippen LogP contribution in [0.2, 0.25) is 0 Å². The number of carbonyl (C=O) groups is 1. The van der Waals surface area contributed by atoms with Gasteiger partial charge in [0.1, 0.15) is 44.2 Å². The predicted molar refractivity (Wildman–Crippen MR) is 77.5 cm³/mol. The van der Waals surface area contributed by atoms with Gasteiger partial charge in [0.15, 0.2) is 5.78 Å². The van der Waals surface area contributed by atoms with Crippen molar-refractivity contribution in [2.75, 3.05) is 26.2 Å². The van der Waals surface area contributed by atoms with Gasteiger partial charge in [-0.25, -0.2) is 0 Å². The van der Waals surface area contributed by atoms with E-state index in [4.69, 9.17) is 9.47 Å². The molecule has 0 unspecified atom stereocenters. The van der Waals surface area contributed by atoms with Crippen molar-refractivity contribution in [1.29, 1.82) is 0 Å². The Morgan fingerprint density at radius 3 is 2.40 bits per heavy atom. The second-order valence-electron chi connectivity index (χ2n) is 5.59. The molecule has 1 aromatic carbocycles. The first kappa shape index (κ1) is 15.0. The van der Waals surface area contributed by atoms with Crippen molar-refractivity contribution >= 4 is 5.78 Å². The molecule has 1 aliphatic heterocycles. The van der Waals surface area contributed by atoms with Gasteiger partial charge in [0.05, 0.1) is 0 Å². The molecule has 0 bridgehead atoms. The number of carbonyl (C=O) groups excluding carboxylic acids is 1. The highest BCUT2D eigenvalue weighted by molar-refractivity contribution is 5.94. The van der Waals surface area contributed by atoms with Crippen molar-refractivity contribution in [1.82, 2.24) is 0 Å². The van der Waals surface area contributed by atoms with E-state index in [0.717, 1.165) is 30.9 Å². The van der Waals surface area contributed by atoms with Crippen molar-refractivity contribution in [3.63, 3.8) is 0 Å². The summed E-state index contributed by atoms with van der Waals surface area (Å²) >= 11 is 0. The molecule has 0 aromatic heterocycles. The van der Waals surface area contributed by atoms with Gasteiger partial charge in [-0.15, -0.1) is 0 Å². The molecule has 1 fully saturated rings. The van der Waals surface area contributed by atoms with Crippen molar-refractivity contribution < 1.29 is 19.2 Å². The van der Waals surface area contributed by atoms with Crippen molar-refractivity contribution in [2.45, 2.75) is 33.0 Å². The molecule has 0 spiro atoms. The number of quaternary nitrogens is 1. The van der Waals surface area contributed by atoms with Crippen LogP contribution in [0.4, 0.5) is 0 Å². The lowest BCUT2D eigenvalue weighted by Crippen LogP contribution is -3.16. The molecule has 1 heterocycles. The van der Waals surface area contributed by atoms with Crippen LogP contribution >= 0.6 is 0 Å². The van der Waals surface area contributed by atoms with E-state index in [1.807, 2.05) is 24.3 Å². The monoisotopic (exact) mass is 278 g/mol. The Labute approximate surface area is 120 Å². The van der Waals surface area contributed by atoms with Crippen LogP contribution in [0.5, 0.6) is 5.75 Å². The van der Waals surface area contributed by atoms with E-state index < -0.39 is 0 Å². The second kappa shape index (κ2) is 6.86. The Bertz CT molecular complexity index is 434. The maximum Gasteiger partial charge on any atom is 0.159 e. The average Bonchev–Trinajstić information content (AvgIpc) is 2.38. The van der Waals surface area contributed by atoms with Gasteiger partial charge in [-0.1, -0.05) is 0 Å². The highest BCUT2D eigenvalue weighted by Gasteiger charge is 2.25. The summed E-state index contributed by atoms with van der Waals surface area (Å²) in [5.41, 5.74) is 0.721. The van der Waals surface area contributed by atoms with E-state index >= 15 is 0 Å². The van der Waals surface area contributed by atoms with E-state index in [0.29, 0.717) is 18.8 Å². The van der Waals surface area contributed by atoms with E-state index in [-0.39, 0.29) is 5.78 Å². The molecule has 4 heteroatoms. The third-order valence-corrected chi connectivity index (χ3v) is 3.60. The zero-order chi connectivity index (χ0) is 14.5. The molecule has 2 atom stereocenters. The smallest absolute Gasteiger partial charge is 0.159 e. The summed E-state index contributed by atoms with van der Waals surface area (Å²) in [6, 6.07) is 7.33. The maximum absolute atomic E-state index is 11.2. The van der Waals surface area contributed by atoms with Crippen LogP contribution in [0.15, 0.2) is 24.3 Å². The zero-order valence-electron chi connectivity index (χ0n) is 12.5. The van der Waals surface area contributed by atoms with Crippen LogP contribution in [-0.4, -0.2) is 44.2 Å². The fraction of sp³-hybridized carbons (Fsp3) is 0.562. The lowest BCUT2D eigenvalue weighted by molar-refractivity contribution is -0.915. The Balaban J connectivity index is 1.76. The largest absolute Gasteiger partial charge is 0.488 e. The van der Waals surface area contributed by atoms with Crippen molar-refractivity contribution in [2.24, 2.45) is 0 Å². The molecule has 1 N–H and O–H groups in total. The Hall–Kier alpha value is -1.39. The molecule has 0 aliphatic carbocycles. The van der Waals surface area contributed by atoms with Gasteiger partial charge >= 0.3 is 0 Å². The molecule has 0 saturated carbocycles. The lowest BCUT2D eigenvalue weighted by Gasteiger charge is -2.32. The standard InChI is InChI=1S/C16H23NO3/c1-12-10-17(11-13(2)20-12)8-9-19-16-6-4-15(5-7-16)14(3)18/h4-7,12-13H,8-11H2,1-3H3/p+1/t12-,13-/m0/s1. The number of Topliss-reactive ketones (excluding diaryl/α,β-unsaturated/α-hetero) is 1. The van der Waals surface area contributed by atoms with Gasteiger partial charge in [0.2, 0.25) is 0 Å². The first-order chi connectivity index (χ1) is 9.54. The molecular weight excluding hydrogens is 254 g/mol. The van der Waals surface area contributed by atoms with Crippen LogP contribution in [-0.2, 0) is 4.74 Å². The van der Waals surface area contributed by atoms with Crippen LogP contribution in [0.1, 0.15) is 31.1 Å². The zero-order valence-corrected chi connectivity index (χ0v) is 12.5. The topological polar surface area (TPSA) is 40.0 Å². The quantitative estimate of drug-likeness (QED) is 0.816. The summed E-state index contributed by atoms with van der Waals surface area (Å²) in [5, 5.41) is 0. The van der Waals surface area contributed by atoms with E-state index in [9.17, 15) is 4.79 Å². The fourth-order valence-electron chi connectivity index (χ4n) is 2.69. The SMILES string of the molecule is CC(=O)c1ccc(OCC[NH+]2C[C@H](C)O[C@@H](C)C2)cc1. The van der Waals surface area contributed by atoms with E-state index in [1.165, 1.54) is 4.90 Å². The summed E-state index contributed by atoms with van der Waals surface area (Å²) in [4.78, 5) is 12.7. The molecule has 110 valence electrons. The maximum atomic E-state index is 11.2. The molecule has 2 rings (SSSR count). The highest BCUT2D eigenvalue weighted by Crippen LogP contribution is 2.12. The van der Waals surface area contributed by atoms with Crippen LogP contribution < -0.4 is 9.64 Å². The van der Waals surface area contributed by atoms with Gasteiger partial charge in [0.25, 0.3) is 0 Å². The number of ketones is 1. The number of rotatable bonds is 5. The Morgan fingerprint density at radius 1 is 1.25 bits per heavy atom. The van der Waals surface area contributed by atoms with Crippen LogP contribution in [0.25, 0.3) is 0 Å². The third kappa shape index (κ3) is 4.32. The summed E-state index contributed by atoms with van der Waals surface area (Å²) in [6.45, 7) is 9.56. The summed E-state index contributed by atoms with van der Waals surface area (Å²) < 4.78 is 11.5. The van der Waals surface area contributed by atoms with Gasteiger partial charge in [-0.2, -0.15) is 0 Å². The minimum Gasteiger partial charge on any atom is -0.488 e. The lowest BCUT2D eigenvalue weighted by atomic mass is 10.1. The summed E-state index contributed by atoms with van der Waals surface area (Å²) in [5.74, 6) is 0.904. The molecule has 20 heavy (non-hydrogen) atoms. The highest BCUT2D eigenvalue weighted by atomic mass is 16.5. The number of ether oxygens (including phenoxy) is 2. The average molecular weight is 278 g/mol. The van der Waals surface area contributed by atoms with Gasteiger partial charge in [0, 0.05) is 5.56 Å². The molecule has 0 amide bonds. The Kier molecular flexibility index (Phi) is 5.15. The van der Waals surface area contributed by atoms with Crippen molar-refractivity contribution in [3.8, 4) is 5.75 Å². The third-order valence-electron chi connectivity index (χ3n) is 3.60. The van der Waals surface area contributed by atoms with E-state index in [2.05, 4.69) is 13.8 Å². The van der Waals surface area contributed by atoms with Gasteiger partial charge < -0.3 is 14.4 Å². The first-order valence-corrected chi connectivity index (χ1v) is 7.27. The van der Waals surface area contributed by atoms with Gasteiger partial charge in [-0.05, 0) is 45.0 Å². The van der Waals surface area contributed by atoms with Gasteiger partial charge in [-0.3, -0.25) is 4.79 Å². The minimum atomic E-state index is 0.0808. The fourth-order valence-corrected chi connectivity index (χ4v) is 2.69. The first-order valence-electron chi connectivity index (χ1n) is 7.27. The minimum absolute atomic E-state index is 0.0808. The number of hydrogen-bond acceptors (Lipinski definition) is 3. The normalized spacial score (nSPS) is 26.2. The molecule has 1 aliphatic rings. The number of nitrogens with one attached hydrogen (secondary N) is 1. The number of benzene rings is 1. The molecule has 0 radical (unpaired) electrons. The molecule has 1 saturated heterocycles. The summed E-state index contributed by atoms with van der Waals surface area (Å²) in [7, 11) is 0. The van der Waals surface area contributed by atoms with Crippen LogP contribution in [0, 0.1) is 0 Å². The molecular formula is C16H24NO3+. The second-order valence-corrected chi connectivity index (χ2v) is 5.59. The predicted octanol–water partition coefficient (Wildman–Crippen LogP) is 0.960. The molecule has 4 nitrogen and oxygen atoms in total. The summed E-state index contributed by atoms with van der Waals surface area (Å²) in [6.07, 6.45) is 0.646.